The Kier molecular flexibility index (Phi) is 10.5. The zero-order valence-corrected chi connectivity index (χ0v) is 31.6. The lowest BCUT2D eigenvalue weighted by molar-refractivity contribution is -0.130. The van der Waals surface area contributed by atoms with Gasteiger partial charge in [-0.2, -0.15) is 0 Å². The van der Waals surface area contributed by atoms with E-state index < -0.39 is 52.9 Å². The Labute approximate surface area is 320 Å². The molecule has 1 aliphatic carbocycles. The minimum atomic E-state index is -1.53. The van der Waals surface area contributed by atoms with Crippen LogP contribution in [0.2, 0.25) is 10.0 Å². The number of hydrogen-bond donors (Lipinski definition) is 4. The van der Waals surface area contributed by atoms with Crippen LogP contribution in [0.15, 0.2) is 97.1 Å². The Morgan fingerprint density at radius 1 is 0.943 bits per heavy atom. The number of benzene rings is 4. The number of rotatable bonds is 8. The van der Waals surface area contributed by atoms with Crippen molar-refractivity contribution in [3.05, 3.63) is 135 Å². The Hall–Kier alpha value is -3.79. The van der Waals surface area contributed by atoms with Crippen LogP contribution in [0.4, 0.5) is 10.1 Å². The molecule has 53 heavy (non-hydrogen) atoms. The Bertz CT molecular complexity index is 1970. The molecule has 1 saturated heterocycles. The molecule has 0 aromatic heterocycles. The van der Waals surface area contributed by atoms with Gasteiger partial charge in [-0.25, -0.2) is 4.39 Å². The van der Waals surface area contributed by atoms with Crippen molar-refractivity contribution in [3.8, 4) is 0 Å². The molecular weight excluding hydrogens is 712 g/mol. The number of aliphatic hydroxyl groups is 2. The summed E-state index contributed by atoms with van der Waals surface area (Å²) in [5.74, 6) is -2.26. The van der Waals surface area contributed by atoms with Gasteiger partial charge in [0.1, 0.15) is 11.2 Å². The van der Waals surface area contributed by atoms with Crippen molar-refractivity contribution in [2.24, 2.45) is 5.41 Å². The quantitative estimate of drug-likeness (QED) is 0.145. The third-order valence-electron chi connectivity index (χ3n) is 11.4. The summed E-state index contributed by atoms with van der Waals surface area (Å²) in [6.45, 7) is 6.24. The third kappa shape index (κ3) is 7.01. The number of halogens is 3. The number of carbonyl (C=O) groups is 2. The molecule has 2 fully saturated rings. The van der Waals surface area contributed by atoms with E-state index in [4.69, 9.17) is 23.2 Å². The van der Waals surface area contributed by atoms with Crippen LogP contribution in [0, 0.1) is 11.2 Å². The molecule has 0 bridgehead atoms. The summed E-state index contributed by atoms with van der Waals surface area (Å²) in [4.78, 5) is 32.7. The number of carbonyl (C=O) groups excluding carboxylic acids is 2. The molecule has 278 valence electrons. The predicted octanol–water partition coefficient (Wildman–Crippen LogP) is 8.49. The van der Waals surface area contributed by atoms with Crippen LogP contribution >= 0.6 is 23.2 Å². The maximum atomic E-state index is 15.8. The zero-order valence-electron chi connectivity index (χ0n) is 30.1. The number of anilines is 1. The molecule has 0 unspecified atom stereocenters. The van der Waals surface area contributed by atoms with Gasteiger partial charge in [-0.15, -0.1) is 0 Å². The molecule has 7 nitrogen and oxygen atoms in total. The van der Waals surface area contributed by atoms with E-state index in [-0.39, 0.29) is 22.9 Å². The van der Waals surface area contributed by atoms with E-state index in [0.717, 1.165) is 5.56 Å². The minimum Gasteiger partial charge on any atom is -0.393 e. The summed E-state index contributed by atoms with van der Waals surface area (Å²) in [7, 11) is 0. The molecule has 6 atom stereocenters. The van der Waals surface area contributed by atoms with Gasteiger partial charge in [0, 0.05) is 28.7 Å². The molecule has 4 aromatic rings. The van der Waals surface area contributed by atoms with Crippen molar-refractivity contribution in [2.45, 2.75) is 101 Å². The molecule has 2 heterocycles. The Morgan fingerprint density at radius 3 is 2.21 bits per heavy atom. The first kappa shape index (κ1) is 37.5. The average molecular weight is 759 g/mol. The van der Waals surface area contributed by atoms with Crippen LogP contribution in [-0.4, -0.2) is 51.2 Å². The van der Waals surface area contributed by atoms with E-state index >= 15 is 14.0 Å². The summed E-state index contributed by atoms with van der Waals surface area (Å²) in [5, 5.41) is 29.6. The summed E-state index contributed by atoms with van der Waals surface area (Å²) in [5.41, 5.74) is 0.881. The largest absolute Gasteiger partial charge is 0.393 e. The highest BCUT2D eigenvalue weighted by molar-refractivity contribution is 6.31. The number of likely N-dealkylation sites (tertiary alicyclic amines) is 1. The van der Waals surface area contributed by atoms with E-state index in [2.05, 4.69) is 36.3 Å². The van der Waals surface area contributed by atoms with Gasteiger partial charge in [0.15, 0.2) is 0 Å². The van der Waals surface area contributed by atoms with E-state index in [1.807, 2.05) is 66.7 Å². The molecule has 1 spiro atoms. The standard InChI is InChI=1S/C43H46Cl2FN3O4/c1-42(2,3)24-35-43(31-22-33(46)32(45)23-34(31)48-41(43)53)36(27-15-10-16-28(44)21-27)38(40(52)47-29-17-19-30(50)20-18-29)49(35)37(25-11-6-4-7-12-25)39(51)26-13-8-5-9-14-26/h4-16,21-23,29-30,35-39,50-51H,17-20,24H2,1-3H3,(H,47,52)(H,48,53)/t29?,30?,35-,36+,37-,38-,39+,43+/m1/s1. The lowest BCUT2D eigenvalue weighted by Gasteiger charge is -2.44. The van der Waals surface area contributed by atoms with Crippen molar-refractivity contribution in [2.75, 3.05) is 5.32 Å². The molecule has 2 amide bonds. The summed E-state index contributed by atoms with van der Waals surface area (Å²) in [6, 6.07) is 26.0. The fraction of sp³-hybridized carbons (Fsp3) is 0.395. The van der Waals surface area contributed by atoms with Crippen LogP contribution in [0.25, 0.3) is 0 Å². The van der Waals surface area contributed by atoms with Crippen LogP contribution in [0.3, 0.4) is 0 Å². The maximum Gasteiger partial charge on any atom is 0.238 e. The summed E-state index contributed by atoms with van der Waals surface area (Å²) in [6.07, 6.45) is 1.15. The Morgan fingerprint density at radius 2 is 1.58 bits per heavy atom. The topological polar surface area (TPSA) is 102 Å². The van der Waals surface area contributed by atoms with Gasteiger partial charge in [0.05, 0.1) is 29.3 Å². The van der Waals surface area contributed by atoms with Gasteiger partial charge in [-0.1, -0.05) is 117 Å². The summed E-state index contributed by atoms with van der Waals surface area (Å²) < 4.78 is 15.8. The van der Waals surface area contributed by atoms with Gasteiger partial charge in [0.25, 0.3) is 0 Å². The van der Waals surface area contributed by atoms with Gasteiger partial charge in [-0.05, 0) is 84.0 Å². The molecule has 1 saturated carbocycles. The van der Waals surface area contributed by atoms with Gasteiger partial charge in [0.2, 0.25) is 11.8 Å². The molecule has 4 N–H and O–H groups in total. The molecule has 2 aliphatic heterocycles. The molecule has 10 heteroatoms. The van der Waals surface area contributed by atoms with E-state index in [0.29, 0.717) is 59.5 Å². The first-order valence-corrected chi connectivity index (χ1v) is 19.2. The number of fused-ring (bicyclic) bond motifs is 2. The number of amides is 2. The second-order valence-corrected chi connectivity index (χ2v) is 16.9. The smallest absolute Gasteiger partial charge is 0.238 e. The van der Waals surface area contributed by atoms with Crippen LogP contribution in [-0.2, 0) is 15.0 Å². The van der Waals surface area contributed by atoms with Crippen LogP contribution in [0.5, 0.6) is 0 Å². The average Bonchev–Trinajstić information content (AvgIpc) is 3.56. The number of nitrogens with one attached hydrogen (secondary N) is 2. The normalized spacial score (nSPS) is 26.9. The molecule has 3 aliphatic rings. The number of hydrogen-bond acceptors (Lipinski definition) is 5. The number of aliphatic hydroxyl groups excluding tert-OH is 2. The van der Waals surface area contributed by atoms with Crippen molar-refractivity contribution in [3.63, 3.8) is 0 Å². The first-order chi connectivity index (χ1) is 25.3. The summed E-state index contributed by atoms with van der Waals surface area (Å²) >= 11 is 13.1. The van der Waals surface area contributed by atoms with Gasteiger partial charge >= 0.3 is 0 Å². The number of nitrogens with zero attached hydrogens (tertiary/aromatic N) is 1. The SMILES string of the molecule is CC(C)(C)C[C@H]1N([C@H](c2ccccc2)[C@@H](O)c2ccccc2)[C@@H](C(=O)NC2CCC(O)CC2)[C@H](c2cccc(Cl)c2)[C@@]12C(=O)Nc1cc(Cl)c(F)cc12. The minimum absolute atomic E-state index is 0.127. The Balaban J connectivity index is 1.56. The third-order valence-corrected chi connectivity index (χ3v) is 11.9. The van der Waals surface area contributed by atoms with Crippen molar-refractivity contribution < 1.29 is 24.2 Å². The fourth-order valence-electron chi connectivity index (χ4n) is 9.19. The maximum absolute atomic E-state index is 15.8. The monoisotopic (exact) mass is 757 g/mol. The van der Waals surface area contributed by atoms with E-state index in [1.54, 1.807) is 18.2 Å². The van der Waals surface area contributed by atoms with Crippen LogP contribution in [0.1, 0.15) is 93.2 Å². The van der Waals surface area contributed by atoms with E-state index in [9.17, 15) is 10.2 Å². The highest BCUT2D eigenvalue weighted by Gasteiger charge is 2.70. The van der Waals surface area contributed by atoms with Crippen molar-refractivity contribution in [1.29, 1.82) is 0 Å². The molecule has 7 rings (SSSR count). The highest BCUT2D eigenvalue weighted by Crippen LogP contribution is 2.62. The highest BCUT2D eigenvalue weighted by atomic mass is 35.5. The van der Waals surface area contributed by atoms with Gasteiger partial charge < -0.3 is 20.8 Å². The molecule has 4 aromatic carbocycles. The fourth-order valence-corrected chi connectivity index (χ4v) is 9.55. The van der Waals surface area contributed by atoms with Crippen molar-refractivity contribution in [1.82, 2.24) is 10.2 Å². The van der Waals surface area contributed by atoms with E-state index in [1.165, 1.54) is 12.1 Å². The second kappa shape index (κ2) is 14.8. The van der Waals surface area contributed by atoms with Crippen molar-refractivity contribution >= 4 is 40.7 Å². The second-order valence-electron chi connectivity index (χ2n) is 16.1. The lowest BCUT2D eigenvalue weighted by atomic mass is 9.62. The molecular formula is C43H46Cl2FN3O4. The molecule has 0 radical (unpaired) electrons. The van der Waals surface area contributed by atoms with Gasteiger partial charge in [-0.3, -0.25) is 14.5 Å². The predicted molar refractivity (Wildman–Crippen MR) is 206 cm³/mol. The lowest BCUT2D eigenvalue weighted by Crippen LogP contribution is -2.54. The van der Waals surface area contributed by atoms with Crippen LogP contribution < -0.4 is 10.6 Å². The first-order valence-electron chi connectivity index (χ1n) is 18.4. The zero-order chi connectivity index (χ0) is 37.7.